The first-order chi connectivity index (χ1) is 9.99. The molecule has 0 spiro atoms. The van der Waals surface area contributed by atoms with Crippen molar-refractivity contribution in [3.05, 3.63) is 35.9 Å². The standard InChI is InChI=1S/C15H17F3N2O/c1-2-7-19-9-11-8-14(21-10-15(16,17)18)20-13-6-4-3-5-12(11)13/h3-6,8,19H,2,7,9-10H2,1H3. The van der Waals surface area contributed by atoms with Gasteiger partial charge in [-0.05, 0) is 24.6 Å². The highest BCUT2D eigenvalue weighted by atomic mass is 19.4. The van der Waals surface area contributed by atoms with E-state index in [0.29, 0.717) is 12.1 Å². The lowest BCUT2D eigenvalue weighted by Crippen LogP contribution is -2.20. The molecule has 0 aliphatic heterocycles. The van der Waals surface area contributed by atoms with Crippen molar-refractivity contribution in [2.45, 2.75) is 26.1 Å². The van der Waals surface area contributed by atoms with Crippen molar-refractivity contribution in [3.8, 4) is 5.88 Å². The van der Waals surface area contributed by atoms with E-state index < -0.39 is 12.8 Å². The Balaban J connectivity index is 2.26. The van der Waals surface area contributed by atoms with Gasteiger partial charge in [-0.25, -0.2) is 4.98 Å². The molecule has 1 N–H and O–H groups in total. The fourth-order valence-electron chi connectivity index (χ4n) is 2.00. The number of benzene rings is 1. The molecule has 114 valence electrons. The Kier molecular flexibility index (Phi) is 5.01. The van der Waals surface area contributed by atoms with Crippen molar-refractivity contribution in [1.82, 2.24) is 10.3 Å². The molecule has 0 aliphatic rings. The first-order valence-electron chi connectivity index (χ1n) is 6.78. The molecule has 1 aromatic carbocycles. The number of hydrogen-bond donors (Lipinski definition) is 1. The molecule has 0 aliphatic carbocycles. The Bertz CT molecular complexity index is 599. The zero-order valence-corrected chi connectivity index (χ0v) is 11.7. The monoisotopic (exact) mass is 298 g/mol. The topological polar surface area (TPSA) is 34.1 Å². The van der Waals surface area contributed by atoms with E-state index in [1.165, 1.54) is 0 Å². The van der Waals surface area contributed by atoms with Crippen molar-refractivity contribution in [3.63, 3.8) is 0 Å². The summed E-state index contributed by atoms with van der Waals surface area (Å²) in [4.78, 5) is 4.12. The van der Waals surface area contributed by atoms with E-state index in [2.05, 4.69) is 17.2 Å². The van der Waals surface area contributed by atoms with E-state index >= 15 is 0 Å². The summed E-state index contributed by atoms with van der Waals surface area (Å²) >= 11 is 0. The summed E-state index contributed by atoms with van der Waals surface area (Å²) in [6.45, 7) is 2.13. The number of aromatic nitrogens is 1. The summed E-state index contributed by atoms with van der Waals surface area (Å²) in [6, 6.07) is 8.91. The molecule has 0 saturated heterocycles. The molecule has 1 heterocycles. The Labute approximate surface area is 121 Å². The minimum atomic E-state index is -4.37. The molecule has 0 atom stereocenters. The Hall–Kier alpha value is -1.82. The number of rotatable bonds is 6. The molecule has 21 heavy (non-hydrogen) atoms. The Morgan fingerprint density at radius 1 is 1.24 bits per heavy atom. The minimum Gasteiger partial charge on any atom is -0.468 e. The van der Waals surface area contributed by atoms with Crippen LogP contribution in [-0.4, -0.2) is 24.3 Å². The van der Waals surface area contributed by atoms with E-state index in [1.54, 1.807) is 18.2 Å². The molecular weight excluding hydrogens is 281 g/mol. The maximum absolute atomic E-state index is 12.2. The molecule has 0 unspecified atom stereocenters. The van der Waals surface area contributed by atoms with Crippen LogP contribution in [0.1, 0.15) is 18.9 Å². The molecule has 0 radical (unpaired) electrons. The third-order valence-electron chi connectivity index (χ3n) is 2.90. The van der Waals surface area contributed by atoms with Gasteiger partial charge in [-0.1, -0.05) is 25.1 Å². The van der Waals surface area contributed by atoms with Crippen molar-refractivity contribution >= 4 is 10.9 Å². The smallest absolute Gasteiger partial charge is 0.422 e. The highest BCUT2D eigenvalue weighted by Gasteiger charge is 2.28. The lowest BCUT2D eigenvalue weighted by molar-refractivity contribution is -0.154. The van der Waals surface area contributed by atoms with Crippen molar-refractivity contribution < 1.29 is 17.9 Å². The molecule has 6 heteroatoms. The average molecular weight is 298 g/mol. The average Bonchev–Trinajstić information content (AvgIpc) is 2.44. The Morgan fingerprint density at radius 3 is 2.71 bits per heavy atom. The molecule has 3 nitrogen and oxygen atoms in total. The Morgan fingerprint density at radius 2 is 2.00 bits per heavy atom. The number of ether oxygens (including phenoxy) is 1. The SMILES string of the molecule is CCCNCc1cc(OCC(F)(F)F)nc2ccccc12. The zero-order valence-electron chi connectivity index (χ0n) is 11.7. The van der Waals surface area contributed by atoms with Crippen LogP contribution in [0.25, 0.3) is 10.9 Å². The molecule has 0 amide bonds. The molecular formula is C15H17F3N2O. The van der Waals surface area contributed by atoms with E-state index in [4.69, 9.17) is 4.74 Å². The summed E-state index contributed by atoms with van der Waals surface area (Å²) in [5, 5.41) is 4.15. The molecule has 0 fully saturated rings. The maximum Gasteiger partial charge on any atom is 0.422 e. The third-order valence-corrected chi connectivity index (χ3v) is 2.90. The number of fused-ring (bicyclic) bond motifs is 1. The highest BCUT2D eigenvalue weighted by Crippen LogP contribution is 2.23. The highest BCUT2D eigenvalue weighted by molar-refractivity contribution is 5.82. The normalized spacial score (nSPS) is 11.8. The predicted molar refractivity (Wildman–Crippen MR) is 75.3 cm³/mol. The largest absolute Gasteiger partial charge is 0.468 e. The maximum atomic E-state index is 12.2. The third kappa shape index (κ3) is 4.60. The number of hydrogen-bond acceptors (Lipinski definition) is 3. The summed E-state index contributed by atoms with van der Waals surface area (Å²) in [5.74, 6) is -0.000626. The quantitative estimate of drug-likeness (QED) is 0.826. The van der Waals surface area contributed by atoms with Gasteiger partial charge in [-0.2, -0.15) is 13.2 Å². The van der Waals surface area contributed by atoms with Crippen LogP contribution in [0.3, 0.4) is 0 Å². The number of alkyl halides is 3. The second-order valence-corrected chi connectivity index (χ2v) is 4.72. The second-order valence-electron chi connectivity index (χ2n) is 4.72. The van der Waals surface area contributed by atoms with Gasteiger partial charge >= 0.3 is 6.18 Å². The van der Waals surface area contributed by atoms with E-state index in [9.17, 15) is 13.2 Å². The molecule has 0 bridgehead atoms. The second kappa shape index (κ2) is 6.76. The number of pyridine rings is 1. The summed E-state index contributed by atoms with van der Waals surface area (Å²) in [6.07, 6.45) is -3.38. The van der Waals surface area contributed by atoms with Crippen LogP contribution in [0.4, 0.5) is 13.2 Å². The number of nitrogens with one attached hydrogen (secondary N) is 1. The summed E-state index contributed by atoms with van der Waals surface area (Å²) < 4.78 is 41.5. The van der Waals surface area contributed by atoms with Gasteiger partial charge in [-0.15, -0.1) is 0 Å². The number of para-hydroxylation sites is 1. The molecule has 1 aromatic heterocycles. The van der Waals surface area contributed by atoms with Crippen molar-refractivity contribution in [2.75, 3.05) is 13.2 Å². The van der Waals surface area contributed by atoms with Gasteiger partial charge in [0.15, 0.2) is 6.61 Å². The zero-order chi connectivity index (χ0) is 15.3. The predicted octanol–water partition coefficient (Wildman–Crippen LogP) is 3.68. The van der Waals surface area contributed by atoms with Gasteiger partial charge in [0.2, 0.25) is 5.88 Å². The molecule has 2 rings (SSSR count). The molecule has 2 aromatic rings. The van der Waals surface area contributed by atoms with Gasteiger partial charge < -0.3 is 10.1 Å². The van der Waals surface area contributed by atoms with Gasteiger partial charge in [0.05, 0.1) is 5.52 Å². The van der Waals surface area contributed by atoms with Crippen molar-refractivity contribution in [2.24, 2.45) is 0 Å². The summed E-state index contributed by atoms with van der Waals surface area (Å²) in [7, 11) is 0. The van der Waals surface area contributed by atoms with Crippen LogP contribution in [0.2, 0.25) is 0 Å². The molecule has 0 saturated carbocycles. The van der Waals surface area contributed by atoms with Crippen LogP contribution in [0.5, 0.6) is 5.88 Å². The van der Waals surface area contributed by atoms with Crippen molar-refractivity contribution in [1.29, 1.82) is 0 Å². The number of halogens is 3. The van der Waals surface area contributed by atoms with E-state index in [1.807, 2.05) is 12.1 Å². The van der Waals surface area contributed by atoms with Crippen LogP contribution in [0.15, 0.2) is 30.3 Å². The van der Waals surface area contributed by atoms with E-state index in [-0.39, 0.29) is 5.88 Å². The number of nitrogens with zero attached hydrogens (tertiary/aromatic N) is 1. The summed E-state index contributed by atoms with van der Waals surface area (Å²) in [5.41, 5.74) is 1.51. The van der Waals surface area contributed by atoms with Crippen LogP contribution in [0, 0.1) is 0 Å². The van der Waals surface area contributed by atoms with Crippen LogP contribution >= 0.6 is 0 Å². The first-order valence-corrected chi connectivity index (χ1v) is 6.78. The van der Waals surface area contributed by atoms with Gasteiger partial charge in [-0.3, -0.25) is 0 Å². The fourth-order valence-corrected chi connectivity index (χ4v) is 2.00. The van der Waals surface area contributed by atoms with Gasteiger partial charge in [0, 0.05) is 18.0 Å². The van der Waals surface area contributed by atoms with Gasteiger partial charge in [0.25, 0.3) is 0 Å². The van der Waals surface area contributed by atoms with Crippen LogP contribution < -0.4 is 10.1 Å². The van der Waals surface area contributed by atoms with E-state index in [0.717, 1.165) is 23.9 Å². The lowest BCUT2D eigenvalue weighted by Gasteiger charge is -2.12. The first kappa shape index (κ1) is 15.6. The lowest BCUT2D eigenvalue weighted by atomic mass is 10.1. The van der Waals surface area contributed by atoms with Gasteiger partial charge in [0.1, 0.15) is 0 Å². The fraction of sp³-hybridized carbons (Fsp3) is 0.400. The minimum absolute atomic E-state index is 0.000626. The van der Waals surface area contributed by atoms with Crippen LogP contribution in [-0.2, 0) is 6.54 Å².